The molecule has 1 unspecified atom stereocenters. The summed E-state index contributed by atoms with van der Waals surface area (Å²) in [6.07, 6.45) is 3.23. The molecule has 1 heterocycles. The molecule has 0 saturated carbocycles. The Balaban J connectivity index is 2.37. The molecule has 1 saturated heterocycles. The molecule has 3 heteroatoms. The Morgan fingerprint density at radius 2 is 2.00 bits per heavy atom. The zero-order chi connectivity index (χ0) is 10.4. The molecular formula is C11H22N2O. The quantitative estimate of drug-likeness (QED) is 0.692. The van der Waals surface area contributed by atoms with Crippen LogP contribution in [0.2, 0.25) is 0 Å². The van der Waals surface area contributed by atoms with Crippen molar-refractivity contribution in [2.75, 3.05) is 26.2 Å². The summed E-state index contributed by atoms with van der Waals surface area (Å²) in [5, 5.41) is 3.27. The molecule has 0 aliphatic carbocycles. The van der Waals surface area contributed by atoms with Crippen molar-refractivity contribution in [2.45, 2.75) is 39.2 Å². The highest BCUT2D eigenvalue weighted by Crippen LogP contribution is 2.08. The molecule has 1 rings (SSSR count). The number of carbonyl (C=O) groups is 1. The molecule has 0 amide bonds. The van der Waals surface area contributed by atoms with Gasteiger partial charge in [-0.05, 0) is 32.5 Å². The standard InChI is InChI=1S/C11H22N2O/c1-3-11(14)10(12-4-2)9-13-7-5-6-8-13/h10,12H,3-9H2,1-2H3. The van der Waals surface area contributed by atoms with Gasteiger partial charge in [-0.3, -0.25) is 4.79 Å². The van der Waals surface area contributed by atoms with Gasteiger partial charge in [-0.1, -0.05) is 13.8 Å². The number of ketones is 1. The van der Waals surface area contributed by atoms with Crippen LogP contribution in [-0.4, -0.2) is 42.9 Å². The molecule has 1 N–H and O–H groups in total. The van der Waals surface area contributed by atoms with Crippen molar-refractivity contribution >= 4 is 5.78 Å². The van der Waals surface area contributed by atoms with Crippen molar-refractivity contribution in [1.29, 1.82) is 0 Å². The number of rotatable bonds is 6. The number of carbonyl (C=O) groups excluding carboxylic acids is 1. The first-order valence-corrected chi connectivity index (χ1v) is 5.76. The topological polar surface area (TPSA) is 32.3 Å². The van der Waals surface area contributed by atoms with Crippen LogP contribution < -0.4 is 5.32 Å². The highest BCUT2D eigenvalue weighted by Gasteiger charge is 2.20. The van der Waals surface area contributed by atoms with Crippen LogP contribution in [0.3, 0.4) is 0 Å². The van der Waals surface area contributed by atoms with Gasteiger partial charge in [0.15, 0.2) is 5.78 Å². The number of likely N-dealkylation sites (tertiary alicyclic amines) is 1. The summed E-state index contributed by atoms with van der Waals surface area (Å²) in [5.41, 5.74) is 0. The Kier molecular flexibility index (Phi) is 5.12. The lowest BCUT2D eigenvalue weighted by Gasteiger charge is -2.22. The first-order chi connectivity index (χ1) is 6.77. The Morgan fingerprint density at radius 3 is 2.50 bits per heavy atom. The van der Waals surface area contributed by atoms with E-state index in [2.05, 4.69) is 17.1 Å². The van der Waals surface area contributed by atoms with E-state index in [1.165, 1.54) is 25.9 Å². The summed E-state index contributed by atoms with van der Waals surface area (Å²) < 4.78 is 0. The zero-order valence-electron chi connectivity index (χ0n) is 9.38. The maximum atomic E-state index is 11.6. The van der Waals surface area contributed by atoms with Gasteiger partial charge < -0.3 is 10.2 Å². The van der Waals surface area contributed by atoms with Gasteiger partial charge >= 0.3 is 0 Å². The molecule has 14 heavy (non-hydrogen) atoms. The van der Waals surface area contributed by atoms with Crippen LogP contribution in [0.4, 0.5) is 0 Å². The number of likely N-dealkylation sites (N-methyl/N-ethyl adjacent to an activating group) is 1. The Morgan fingerprint density at radius 1 is 1.36 bits per heavy atom. The van der Waals surface area contributed by atoms with Gasteiger partial charge in [0.2, 0.25) is 0 Å². The third-order valence-corrected chi connectivity index (χ3v) is 2.83. The van der Waals surface area contributed by atoms with E-state index < -0.39 is 0 Å². The molecule has 0 spiro atoms. The SMILES string of the molecule is CCNC(CN1CCCC1)C(=O)CC. The molecule has 1 aliphatic heterocycles. The number of nitrogens with zero attached hydrogens (tertiary/aromatic N) is 1. The Bertz CT molecular complexity index is 176. The van der Waals surface area contributed by atoms with Crippen molar-refractivity contribution in [2.24, 2.45) is 0 Å². The predicted molar refractivity (Wildman–Crippen MR) is 58.4 cm³/mol. The fourth-order valence-corrected chi connectivity index (χ4v) is 2.00. The fraction of sp³-hybridized carbons (Fsp3) is 0.909. The smallest absolute Gasteiger partial charge is 0.150 e. The lowest BCUT2D eigenvalue weighted by atomic mass is 10.1. The highest BCUT2D eigenvalue weighted by molar-refractivity contribution is 5.83. The van der Waals surface area contributed by atoms with E-state index in [0.717, 1.165) is 13.1 Å². The molecule has 1 fully saturated rings. The molecule has 0 aromatic carbocycles. The van der Waals surface area contributed by atoms with E-state index in [9.17, 15) is 4.79 Å². The highest BCUT2D eigenvalue weighted by atomic mass is 16.1. The second-order valence-electron chi connectivity index (χ2n) is 3.94. The largest absolute Gasteiger partial charge is 0.307 e. The summed E-state index contributed by atoms with van der Waals surface area (Å²) in [4.78, 5) is 14.0. The third kappa shape index (κ3) is 3.39. The van der Waals surface area contributed by atoms with E-state index in [4.69, 9.17) is 0 Å². The first kappa shape index (κ1) is 11.7. The number of hydrogen-bond donors (Lipinski definition) is 1. The van der Waals surface area contributed by atoms with E-state index in [1.807, 2.05) is 6.92 Å². The van der Waals surface area contributed by atoms with Crippen molar-refractivity contribution < 1.29 is 4.79 Å². The van der Waals surface area contributed by atoms with Crippen LogP contribution in [0, 0.1) is 0 Å². The van der Waals surface area contributed by atoms with Crippen LogP contribution in [0.15, 0.2) is 0 Å². The van der Waals surface area contributed by atoms with Gasteiger partial charge in [-0.2, -0.15) is 0 Å². The van der Waals surface area contributed by atoms with E-state index in [0.29, 0.717) is 12.2 Å². The first-order valence-electron chi connectivity index (χ1n) is 5.76. The zero-order valence-corrected chi connectivity index (χ0v) is 9.38. The van der Waals surface area contributed by atoms with Gasteiger partial charge in [-0.15, -0.1) is 0 Å². The average Bonchev–Trinajstić information content (AvgIpc) is 2.68. The molecule has 3 nitrogen and oxygen atoms in total. The summed E-state index contributed by atoms with van der Waals surface area (Å²) >= 11 is 0. The van der Waals surface area contributed by atoms with Crippen LogP contribution in [0.25, 0.3) is 0 Å². The monoisotopic (exact) mass is 198 g/mol. The molecule has 0 aromatic heterocycles. The average molecular weight is 198 g/mol. The van der Waals surface area contributed by atoms with Crippen LogP contribution in [-0.2, 0) is 4.79 Å². The Labute approximate surface area is 86.9 Å². The minimum Gasteiger partial charge on any atom is -0.307 e. The third-order valence-electron chi connectivity index (χ3n) is 2.83. The van der Waals surface area contributed by atoms with Gasteiger partial charge in [0.25, 0.3) is 0 Å². The van der Waals surface area contributed by atoms with E-state index in [1.54, 1.807) is 0 Å². The van der Waals surface area contributed by atoms with E-state index >= 15 is 0 Å². The minimum atomic E-state index is 0.0584. The summed E-state index contributed by atoms with van der Waals surface area (Å²) in [7, 11) is 0. The summed E-state index contributed by atoms with van der Waals surface area (Å²) in [6.45, 7) is 8.11. The second kappa shape index (κ2) is 6.14. The molecule has 0 radical (unpaired) electrons. The molecule has 0 bridgehead atoms. The fourth-order valence-electron chi connectivity index (χ4n) is 2.00. The lowest BCUT2D eigenvalue weighted by Crippen LogP contribution is -2.45. The predicted octanol–water partition coefficient (Wildman–Crippen LogP) is 1.04. The molecule has 82 valence electrons. The number of hydrogen-bond acceptors (Lipinski definition) is 3. The molecule has 1 atom stereocenters. The van der Waals surface area contributed by atoms with Crippen molar-refractivity contribution in [3.63, 3.8) is 0 Å². The van der Waals surface area contributed by atoms with Crippen LogP contribution in [0.5, 0.6) is 0 Å². The molecular weight excluding hydrogens is 176 g/mol. The number of nitrogens with one attached hydrogen (secondary N) is 1. The van der Waals surface area contributed by atoms with Gasteiger partial charge in [-0.25, -0.2) is 0 Å². The van der Waals surface area contributed by atoms with Gasteiger partial charge in [0.1, 0.15) is 0 Å². The van der Waals surface area contributed by atoms with Crippen LogP contribution >= 0.6 is 0 Å². The van der Waals surface area contributed by atoms with E-state index in [-0.39, 0.29) is 6.04 Å². The lowest BCUT2D eigenvalue weighted by molar-refractivity contribution is -0.121. The number of Topliss-reactive ketones (excluding diaryl/α,β-unsaturated/α-hetero) is 1. The second-order valence-corrected chi connectivity index (χ2v) is 3.94. The maximum absolute atomic E-state index is 11.6. The van der Waals surface area contributed by atoms with Gasteiger partial charge in [0, 0.05) is 13.0 Å². The van der Waals surface area contributed by atoms with Crippen molar-refractivity contribution in [3.05, 3.63) is 0 Å². The summed E-state index contributed by atoms with van der Waals surface area (Å²) in [5.74, 6) is 0.346. The Hall–Kier alpha value is -0.410. The molecule has 1 aliphatic rings. The van der Waals surface area contributed by atoms with Crippen LogP contribution in [0.1, 0.15) is 33.1 Å². The molecule has 0 aromatic rings. The summed E-state index contributed by atoms with van der Waals surface area (Å²) in [6, 6.07) is 0.0584. The normalized spacial score (nSPS) is 19.9. The van der Waals surface area contributed by atoms with Gasteiger partial charge in [0.05, 0.1) is 6.04 Å². The van der Waals surface area contributed by atoms with Crippen molar-refractivity contribution in [1.82, 2.24) is 10.2 Å². The minimum absolute atomic E-state index is 0.0584. The maximum Gasteiger partial charge on any atom is 0.150 e. The van der Waals surface area contributed by atoms with Crippen molar-refractivity contribution in [3.8, 4) is 0 Å².